The molecule has 2 heterocycles. The summed E-state index contributed by atoms with van der Waals surface area (Å²) < 4.78 is 23.2. The molecule has 0 saturated carbocycles. The fraction of sp³-hybridized carbons (Fsp3) is 0.231. The number of hydrogen-bond acceptors (Lipinski definition) is 5. The van der Waals surface area contributed by atoms with E-state index in [1.807, 2.05) is 25.1 Å². The van der Waals surface area contributed by atoms with E-state index in [9.17, 15) is 8.42 Å². The zero-order valence-corrected chi connectivity index (χ0v) is 11.6. The van der Waals surface area contributed by atoms with Crippen LogP contribution in [0.1, 0.15) is 11.4 Å². The van der Waals surface area contributed by atoms with Gasteiger partial charge in [0.05, 0.1) is 12.2 Å². The Balaban J connectivity index is 2.21. The molecule has 0 aliphatic rings. The molecule has 0 atom stereocenters. The van der Waals surface area contributed by atoms with E-state index in [2.05, 4.69) is 15.3 Å². The lowest BCUT2D eigenvalue weighted by Gasteiger charge is -2.09. The SMILES string of the molecule is Cc1cccc(CNc2ncccc2S(C)(=O)=O)n1. The predicted molar refractivity (Wildman–Crippen MR) is 73.6 cm³/mol. The van der Waals surface area contributed by atoms with Gasteiger partial charge in [-0.3, -0.25) is 4.98 Å². The number of aryl methyl sites for hydroxylation is 1. The number of aromatic nitrogens is 2. The van der Waals surface area contributed by atoms with Crippen molar-refractivity contribution in [1.29, 1.82) is 0 Å². The fourth-order valence-corrected chi connectivity index (χ4v) is 2.50. The molecular weight excluding hydrogens is 262 g/mol. The van der Waals surface area contributed by atoms with Gasteiger partial charge in [0.25, 0.3) is 0 Å². The molecule has 0 amide bonds. The van der Waals surface area contributed by atoms with E-state index >= 15 is 0 Å². The smallest absolute Gasteiger partial charge is 0.179 e. The second kappa shape index (κ2) is 5.36. The van der Waals surface area contributed by atoms with Gasteiger partial charge in [-0.25, -0.2) is 13.4 Å². The Morgan fingerprint density at radius 2 is 2.00 bits per heavy atom. The Morgan fingerprint density at radius 3 is 2.68 bits per heavy atom. The minimum Gasteiger partial charge on any atom is -0.363 e. The largest absolute Gasteiger partial charge is 0.363 e. The summed E-state index contributed by atoms with van der Waals surface area (Å²) in [5.74, 6) is 0.355. The van der Waals surface area contributed by atoms with Crippen LogP contribution in [0.15, 0.2) is 41.4 Å². The first-order valence-corrected chi connectivity index (χ1v) is 7.67. The summed E-state index contributed by atoms with van der Waals surface area (Å²) in [5.41, 5.74) is 1.76. The summed E-state index contributed by atoms with van der Waals surface area (Å²) in [6.07, 6.45) is 2.72. The molecule has 0 spiro atoms. The van der Waals surface area contributed by atoms with Crippen LogP contribution in [0.2, 0.25) is 0 Å². The molecule has 0 radical (unpaired) electrons. The number of anilines is 1. The minimum atomic E-state index is -3.29. The molecule has 2 aromatic rings. The van der Waals surface area contributed by atoms with E-state index in [1.165, 1.54) is 12.3 Å². The summed E-state index contributed by atoms with van der Waals surface area (Å²) in [6.45, 7) is 2.34. The van der Waals surface area contributed by atoms with E-state index in [0.29, 0.717) is 12.4 Å². The normalized spacial score (nSPS) is 11.3. The number of rotatable bonds is 4. The first-order chi connectivity index (χ1) is 8.97. The van der Waals surface area contributed by atoms with Gasteiger partial charge in [0.2, 0.25) is 0 Å². The topological polar surface area (TPSA) is 72.0 Å². The first kappa shape index (κ1) is 13.5. The Hall–Kier alpha value is -1.95. The quantitative estimate of drug-likeness (QED) is 0.922. The summed E-state index contributed by atoms with van der Waals surface area (Å²) >= 11 is 0. The van der Waals surface area contributed by atoms with E-state index in [1.54, 1.807) is 12.3 Å². The minimum absolute atomic E-state index is 0.197. The average molecular weight is 277 g/mol. The molecule has 2 aromatic heterocycles. The Labute approximate surface area is 112 Å². The number of sulfone groups is 1. The molecule has 0 bridgehead atoms. The molecule has 5 nitrogen and oxygen atoms in total. The van der Waals surface area contributed by atoms with Gasteiger partial charge in [-0.1, -0.05) is 6.07 Å². The Kier molecular flexibility index (Phi) is 3.80. The molecule has 19 heavy (non-hydrogen) atoms. The van der Waals surface area contributed by atoms with Crippen LogP contribution in [0, 0.1) is 6.92 Å². The van der Waals surface area contributed by atoms with Gasteiger partial charge in [-0.05, 0) is 31.2 Å². The monoisotopic (exact) mass is 277 g/mol. The van der Waals surface area contributed by atoms with Crippen LogP contribution in [-0.2, 0) is 16.4 Å². The predicted octanol–water partition coefficient (Wildman–Crippen LogP) is 1.80. The molecule has 0 aliphatic carbocycles. The number of pyridine rings is 2. The average Bonchev–Trinajstić information content (AvgIpc) is 2.36. The summed E-state index contributed by atoms with van der Waals surface area (Å²) in [6, 6.07) is 8.84. The van der Waals surface area contributed by atoms with Crippen molar-refractivity contribution >= 4 is 15.7 Å². The number of hydrogen-bond donors (Lipinski definition) is 1. The highest BCUT2D eigenvalue weighted by Gasteiger charge is 2.13. The highest BCUT2D eigenvalue weighted by molar-refractivity contribution is 7.90. The van der Waals surface area contributed by atoms with Crippen LogP contribution < -0.4 is 5.32 Å². The molecule has 6 heteroatoms. The van der Waals surface area contributed by atoms with E-state index in [-0.39, 0.29) is 4.90 Å². The van der Waals surface area contributed by atoms with Crippen molar-refractivity contribution in [2.45, 2.75) is 18.4 Å². The maximum Gasteiger partial charge on any atom is 0.179 e. The summed E-state index contributed by atoms with van der Waals surface area (Å²) in [5, 5.41) is 3.01. The van der Waals surface area contributed by atoms with Gasteiger partial charge in [0.1, 0.15) is 10.7 Å². The lowest BCUT2D eigenvalue weighted by Crippen LogP contribution is -2.08. The maximum absolute atomic E-state index is 11.6. The van der Waals surface area contributed by atoms with Crippen molar-refractivity contribution in [2.24, 2.45) is 0 Å². The van der Waals surface area contributed by atoms with Crippen molar-refractivity contribution < 1.29 is 8.42 Å². The van der Waals surface area contributed by atoms with Crippen molar-refractivity contribution in [3.8, 4) is 0 Å². The summed E-state index contributed by atoms with van der Waals surface area (Å²) in [7, 11) is -3.29. The third kappa shape index (κ3) is 3.51. The zero-order valence-electron chi connectivity index (χ0n) is 10.8. The second-order valence-corrected chi connectivity index (χ2v) is 6.23. The molecule has 0 unspecified atom stereocenters. The second-order valence-electron chi connectivity index (χ2n) is 4.25. The highest BCUT2D eigenvalue weighted by Crippen LogP contribution is 2.18. The fourth-order valence-electron chi connectivity index (χ4n) is 1.69. The van der Waals surface area contributed by atoms with E-state index < -0.39 is 9.84 Å². The van der Waals surface area contributed by atoms with Crippen LogP contribution in [0.4, 0.5) is 5.82 Å². The van der Waals surface area contributed by atoms with Crippen molar-refractivity contribution in [1.82, 2.24) is 9.97 Å². The van der Waals surface area contributed by atoms with Crippen LogP contribution in [-0.4, -0.2) is 24.6 Å². The van der Waals surface area contributed by atoms with Crippen molar-refractivity contribution in [3.05, 3.63) is 47.9 Å². The first-order valence-electron chi connectivity index (χ1n) is 5.78. The third-order valence-electron chi connectivity index (χ3n) is 2.55. The van der Waals surface area contributed by atoms with E-state index in [0.717, 1.165) is 11.4 Å². The van der Waals surface area contributed by atoms with Crippen molar-refractivity contribution in [3.63, 3.8) is 0 Å². The van der Waals surface area contributed by atoms with Gasteiger partial charge < -0.3 is 5.32 Å². The number of nitrogens with zero attached hydrogens (tertiary/aromatic N) is 2. The molecule has 0 aromatic carbocycles. The molecule has 0 fully saturated rings. The lowest BCUT2D eigenvalue weighted by atomic mass is 10.3. The Morgan fingerprint density at radius 1 is 1.21 bits per heavy atom. The van der Waals surface area contributed by atoms with Gasteiger partial charge in [-0.2, -0.15) is 0 Å². The van der Waals surface area contributed by atoms with Gasteiger partial charge >= 0.3 is 0 Å². The van der Waals surface area contributed by atoms with Crippen LogP contribution in [0.25, 0.3) is 0 Å². The molecule has 0 aliphatic heterocycles. The maximum atomic E-state index is 11.6. The zero-order chi connectivity index (χ0) is 13.9. The third-order valence-corrected chi connectivity index (χ3v) is 3.68. The molecule has 0 saturated heterocycles. The van der Waals surface area contributed by atoms with Crippen LogP contribution in [0.5, 0.6) is 0 Å². The molecule has 2 rings (SSSR count). The van der Waals surface area contributed by atoms with Crippen molar-refractivity contribution in [2.75, 3.05) is 11.6 Å². The Bertz CT molecular complexity index is 684. The summed E-state index contributed by atoms with van der Waals surface area (Å²) in [4.78, 5) is 8.60. The molecule has 1 N–H and O–H groups in total. The lowest BCUT2D eigenvalue weighted by molar-refractivity contribution is 0.601. The van der Waals surface area contributed by atoms with Gasteiger partial charge in [0.15, 0.2) is 9.84 Å². The van der Waals surface area contributed by atoms with Crippen LogP contribution in [0.3, 0.4) is 0 Å². The van der Waals surface area contributed by atoms with Gasteiger partial charge in [-0.15, -0.1) is 0 Å². The standard InChI is InChI=1S/C13H15N3O2S/c1-10-5-3-6-11(16-10)9-15-13-12(19(2,17)18)7-4-8-14-13/h3-8H,9H2,1-2H3,(H,14,15). The van der Waals surface area contributed by atoms with Gasteiger partial charge in [0, 0.05) is 18.1 Å². The molecule has 100 valence electrons. The van der Waals surface area contributed by atoms with E-state index in [4.69, 9.17) is 0 Å². The number of nitrogens with one attached hydrogen (secondary N) is 1. The van der Waals surface area contributed by atoms with Crippen LogP contribution >= 0.6 is 0 Å². The highest BCUT2D eigenvalue weighted by atomic mass is 32.2. The molecular formula is C13H15N3O2S.